The van der Waals surface area contributed by atoms with Gasteiger partial charge in [-0.3, -0.25) is 4.79 Å². The Morgan fingerprint density at radius 1 is 1.06 bits per heavy atom. The number of hydrogen-bond acceptors (Lipinski definition) is 4. The van der Waals surface area contributed by atoms with E-state index in [0.717, 1.165) is 16.3 Å². The molecule has 0 aromatic heterocycles. The van der Waals surface area contributed by atoms with Crippen LogP contribution in [0, 0.1) is 18.3 Å². The zero-order valence-electron chi connectivity index (χ0n) is 19.3. The van der Waals surface area contributed by atoms with Crippen LogP contribution in [-0.4, -0.2) is 13.0 Å². The quantitative estimate of drug-likeness (QED) is 0.207. The van der Waals surface area contributed by atoms with Crippen molar-refractivity contribution < 1.29 is 14.3 Å². The third-order valence-corrected chi connectivity index (χ3v) is 6.06. The van der Waals surface area contributed by atoms with Gasteiger partial charge in [0.25, 0.3) is 5.91 Å². The summed E-state index contributed by atoms with van der Waals surface area (Å²) in [4.78, 5) is 12.9. The molecule has 0 spiro atoms. The van der Waals surface area contributed by atoms with Crippen molar-refractivity contribution in [1.29, 1.82) is 5.26 Å². The Labute approximate surface area is 212 Å². The number of nitriles is 1. The molecular formula is C29H23BrN2O3. The minimum atomic E-state index is -0.487. The lowest BCUT2D eigenvalue weighted by atomic mass is 10.1. The minimum absolute atomic E-state index is 0.0276. The number of carbonyl (C=O) groups excluding carboxylic acids is 1. The average Bonchev–Trinajstić information content (AvgIpc) is 2.87. The summed E-state index contributed by atoms with van der Waals surface area (Å²) < 4.78 is 12.2. The molecule has 6 heteroatoms. The number of anilines is 1. The number of aryl methyl sites for hydroxylation is 1. The maximum Gasteiger partial charge on any atom is 0.266 e. The van der Waals surface area contributed by atoms with Gasteiger partial charge in [-0.1, -0.05) is 66.2 Å². The number of carbonyl (C=O) groups is 1. The highest BCUT2D eigenvalue weighted by Crippen LogP contribution is 2.38. The molecule has 0 atom stereocenters. The molecule has 5 nitrogen and oxygen atoms in total. The van der Waals surface area contributed by atoms with E-state index >= 15 is 0 Å². The molecule has 0 heterocycles. The molecule has 1 N–H and O–H groups in total. The standard InChI is InChI=1S/C29H23BrN2O3/c1-19-10-12-20(13-11-19)18-35-28-25(30)15-21(16-27(28)34-2)14-23(17-31)29(33)32-26-9-5-7-22-6-3-4-8-24(22)26/h3-16H,18H2,1-2H3,(H,32,33)/b23-14+. The molecule has 0 radical (unpaired) electrons. The molecule has 174 valence electrons. The molecular weight excluding hydrogens is 504 g/mol. The number of methoxy groups -OCH3 is 1. The normalized spacial score (nSPS) is 11.1. The number of nitrogens with one attached hydrogen (secondary N) is 1. The zero-order chi connectivity index (χ0) is 24.8. The van der Waals surface area contributed by atoms with Crippen molar-refractivity contribution in [1.82, 2.24) is 0 Å². The Hall–Kier alpha value is -4.08. The Kier molecular flexibility index (Phi) is 7.49. The second kappa shape index (κ2) is 10.9. The molecule has 0 saturated carbocycles. The second-order valence-electron chi connectivity index (χ2n) is 7.96. The summed E-state index contributed by atoms with van der Waals surface area (Å²) in [7, 11) is 1.55. The molecule has 4 aromatic rings. The van der Waals surface area contributed by atoms with Gasteiger partial charge in [0, 0.05) is 11.1 Å². The molecule has 0 aliphatic carbocycles. The maximum absolute atomic E-state index is 12.9. The van der Waals surface area contributed by atoms with Crippen molar-refractivity contribution in [3.8, 4) is 17.6 Å². The first-order valence-corrected chi connectivity index (χ1v) is 11.7. The summed E-state index contributed by atoms with van der Waals surface area (Å²) in [6.45, 7) is 2.41. The Bertz CT molecular complexity index is 1450. The van der Waals surface area contributed by atoms with E-state index in [4.69, 9.17) is 9.47 Å². The molecule has 0 bridgehead atoms. The van der Waals surface area contributed by atoms with Crippen LogP contribution in [0.1, 0.15) is 16.7 Å². The van der Waals surface area contributed by atoms with E-state index in [-0.39, 0.29) is 5.57 Å². The van der Waals surface area contributed by atoms with E-state index in [1.54, 1.807) is 19.2 Å². The van der Waals surface area contributed by atoms with Gasteiger partial charge in [0.05, 0.1) is 11.6 Å². The van der Waals surface area contributed by atoms with Crippen molar-refractivity contribution in [2.75, 3.05) is 12.4 Å². The lowest BCUT2D eigenvalue weighted by molar-refractivity contribution is -0.112. The molecule has 4 aromatic carbocycles. The molecule has 35 heavy (non-hydrogen) atoms. The van der Waals surface area contributed by atoms with Crippen LogP contribution in [0.4, 0.5) is 5.69 Å². The fourth-order valence-corrected chi connectivity index (χ4v) is 4.22. The van der Waals surface area contributed by atoms with Crippen molar-refractivity contribution in [3.05, 3.63) is 106 Å². The number of benzene rings is 4. The summed E-state index contributed by atoms with van der Waals surface area (Å²) in [6.07, 6.45) is 1.53. The van der Waals surface area contributed by atoms with Gasteiger partial charge in [0.2, 0.25) is 0 Å². The lowest BCUT2D eigenvalue weighted by Gasteiger charge is -2.14. The van der Waals surface area contributed by atoms with Crippen LogP contribution in [-0.2, 0) is 11.4 Å². The SMILES string of the molecule is COc1cc(/C=C(\C#N)C(=O)Nc2cccc3ccccc23)cc(Br)c1OCc1ccc(C)cc1. The van der Waals surface area contributed by atoms with E-state index in [1.165, 1.54) is 11.6 Å². The first-order chi connectivity index (χ1) is 17.0. The summed E-state index contributed by atoms with van der Waals surface area (Å²) >= 11 is 3.54. The number of amides is 1. The van der Waals surface area contributed by atoms with Gasteiger partial charge in [-0.25, -0.2) is 0 Å². The summed E-state index contributed by atoms with van der Waals surface area (Å²) in [5, 5.41) is 14.4. The van der Waals surface area contributed by atoms with E-state index in [1.807, 2.05) is 79.7 Å². The third kappa shape index (κ3) is 5.71. The van der Waals surface area contributed by atoms with Gasteiger partial charge in [0.1, 0.15) is 18.2 Å². The van der Waals surface area contributed by atoms with Crippen molar-refractivity contribution >= 4 is 44.4 Å². The van der Waals surface area contributed by atoms with E-state index in [9.17, 15) is 10.1 Å². The zero-order valence-corrected chi connectivity index (χ0v) is 20.9. The Morgan fingerprint density at radius 2 is 1.80 bits per heavy atom. The average molecular weight is 527 g/mol. The summed E-state index contributed by atoms with van der Waals surface area (Å²) in [5.41, 5.74) is 3.46. The fourth-order valence-electron chi connectivity index (χ4n) is 3.64. The second-order valence-corrected chi connectivity index (χ2v) is 8.81. The predicted octanol–water partition coefficient (Wildman–Crippen LogP) is 7.04. The molecule has 0 saturated heterocycles. The lowest BCUT2D eigenvalue weighted by Crippen LogP contribution is -2.13. The Morgan fingerprint density at radius 3 is 2.54 bits per heavy atom. The Balaban J connectivity index is 1.57. The number of nitrogens with zero attached hydrogens (tertiary/aromatic N) is 1. The highest BCUT2D eigenvalue weighted by molar-refractivity contribution is 9.10. The first kappa shape index (κ1) is 24.1. The van der Waals surface area contributed by atoms with Crippen LogP contribution in [0.5, 0.6) is 11.5 Å². The highest BCUT2D eigenvalue weighted by Gasteiger charge is 2.15. The topological polar surface area (TPSA) is 71.3 Å². The molecule has 4 rings (SSSR count). The summed E-state index contributed by atoms with van der Waals surface area (Å²) in [6, 6.07) is 27.0. The van der Waals surface area contributed by atoms with Crippen LogP contribution in [0.2, 0.25) is 0 Å². The highest BCUT2D eigenvalue weighted by atomic mass is 79.9. The molecule has 0 fully saturated rings. The number of ether oxygens (including phenoxy) is 2. The predicted molar refractivity (Wildman–Crippen MR) is 142 cm³/mol. The number of hydrogen-bond donors (Lipinski definition) is 1. The largest absolute Gasteiger partial charge is 0.493 e. The van der Waals surface area contributed by atoms with Gasteiger partial charge in [-0.15, -0.1) is 0 Å². The van der Waals surface area contributed by atoms with Crippen LogP contribution < -0.4 is 14.8 Å². The van der Waals surface area contributed by atoms with Gasteiger partial charge in [0.15, 0.2) is 11.5 Å². The van der Waals surface area contributed by atoms with Crippen LogP contribution in [0.25, 0.3) is 16.8 Å². The monoisotopic (exact) mass is 526 g/mol. The third-order valence-electron chi connectivity index (χ3n) is 5.47. The molecule has 1 amide bonds. The van der Waals surface area contributed by atoms with Crippen LogP contribution in [0.15, 0.2) is 88.9 Å². The van der Waals surface area contributed by atoms with Gasteiger partial charge in [-0.2, -0.15) is 5.26 Å². The molecule has 0 aliphatic rings. The van der Waals surface area contributed by atoms with Gasteiger partial charge < -0.3 is 14.8 Å². The van der Waals surface area contributed by atoms with Crippen LogP contribution >= 0.6 is 15.9 Å². The minimum Gasteiger partial charge on any atom is -0.493 e. The van der Waals surface area contributed by atoms with Gasteiger partial charge >= 0.3 is 0 Å². The van der Waals surface area contributed by atoms with E-state index in [0.29, 0.717) is 33.8 Å². The molecule has 0 aliphatic heterocycles. The van der Waals surface area contributed by atoms with Crippen molar-refractivity contribution in [2.45, 2.75) is 13.5 Å². The number of halogens is 1. The van der Waals surface area contributed by atoms with Crippen LogP contribution in [0.3, 0.4) is 0 Å². The van der Waals surface area contributed by atoms with Crippen molar-refractivity contribution in [2.24, 2.45) is 0 Å². The number of fused-ring (bicyclic) bond motifs is 1. The van der Waals surface area contributed by atoms with Crippen molar-refractivity contribution in [3.63, 3.8) is 0 Å². The fraction of sp³-hybridized carbons (Fsp3) is 0.103. The first-order valence-electron chi connectivity index (χ1n) is 11.0. The van der Waals surface area contributed by atoms with E-state index in [2.05, 4.69) is 21.2 Å². The number of rotatable bonds is 7. The summed E-state index contributed by atoms with van der Waals surface area (Å²) in [5.74, 6) is 0.548. The maximum atomic E-state index is 12.9. The smallest absolute Gasteiger partial charge is 0.266 e. The van der Waals surface area contributed by atoms with Gasteiger partial charge in [-0.05, 0) is 63.6 Å². The van der Waals surface area contributed by atoms with E-state index < -0.39 is 5.91 Å². The molecule has 0 unspecified atom stereocenters.